The van der Waals surface area contributed by atoms with Crippen LogP contribution in [-0.4, -0.2) is 19.1 Å². The number of nitrogens with one attached hydrogen (secondary N) is 1. The molecule has 0 aliphatic rings. The van der Waals surface area contributed by atoms with Crippen LogP contribution in [0.4, 0.5) is 5.69 Å². The Morgan fingerprint density at radius 1 is 1.24 bits per heavy atom. The summed E-state index contributed by atoms with van der Waals surface area (Å²) in [7, 11) is 0. The molecule has 2 rings (SSSR count). The van der Waals surface area contributed by atoms with Crippen molar-refractivity contribution in [3.05, 3.63) is 70.2 Å². The van der Waals surface area contributed by atoms with E-state index in [2.05, 4.69) is 34.7 Å². The number of amides is 1. The van der Waals surface area contributed by atoms with E-state index in [0.717, 1.165) is 6.42 Å². The van der Waals surface area contributed by atoms with Crippen molar-refractivity contribution >= 4 is 33.6 Å². The average Bonchev–Trinajstić information content (AvgIpc) is 2.72. The highest BCUT2D eigenvalue weighted by molar-refractivity contribution is 9.10. The van der Waals surface area contributed by atoms with Gasteiger partial charge in [0.25, 0.3) is 5.91 Å². The molecule has 1 N–H and O–H groups in total. The Balaban J connectivity index is 2.29. The van der Waals surface area contributed by atoms with Crippen LogP contribution >= 0.6 is 15.9 Å². The van der Waals surface area contributed by atoms with E-state index in [4.69, 9.17) is 9.47 Å². The molecule has 1 amide bonds. The first-order chi connectivity index (χ1) is 14.0. The predicted octanol–water partition coefficient (Wildman–Crippen LogP) is 5.52. The molecule has 0 atom stereocenters. The lowest BCUT2D eigenvalue weighted by atomic mass is 10.1. The summed E-state index contributed by atoms with van der Waals surface area (Å²) in [4.78, 5) is 12.5. The van der Waals surface area contributed by atoms with E-state index in [1.165, 1.54) is 11.6 Å². The molecule has 0 aromatic heterocycles. The van der Waals surface area contributed by atoms with Gasteiger partial charge in [0, 0.05) is 5.69 Å². The van der Waals surface area contributed by atoms with E-state index in [0.29, 0.717) is 40.4 Å². The number of hydrogen-bond acceptors (Lipinski definition) is 4. The SMILES string of the molecule is C=CCOc1c(Br)cc(/C=C(/C#N)C(=O)Nc2ccc(CC)cc2)cc1OCC. The van der Waals surface area contributed by atoms with Gasteiger partial charge in [-0.05, 0) is 70.7 Å². The lowest BCUT2D eigenvalue weighted by Gasteiger charge is -2.14. The Hall–Kier alpha value is -3.04. The van der Waals surface area contributed by atoms with Crippen molar-refractivity contribution in [2.45, 2.75) is 20.3 Å². The summed E-state index contributed by atoms with van der Waals surface area (Å²) >= 11 is 3.46. The molecule has 0 radical (unpaired) electrons. The minimum absolute atomic E-state index is 0.0151. The summed E-state index contributed by atoms with van der Waals surface area (Å²) < 4.78 is 11.9. The van der Waals surface area contributed by atoms with Crippen LogP contribution in [0.2, 0.25) is 0 Å². The van der Waals surface area contributed by atoms with Crippen molar-refractivity contribution < 1.29 is 14.3 Å². The molecule has 0 fully saturated rings. The molecule has 0 saturated carbocycles. The van der Waals surface area contributed by atoms with Crippen LogP contribution in [0.3, 0.4) is 0 Å². The molecular weight excluding hydrogens is 432 g/mol. The second kappa shape index (κ2) is 11.1. The summed E-state index contributed by atoms with van der Waals surface area (Å²) in [5.74, 6) is 0.587. The van der Waals surface area contributed by atoms with E-state index in [-0.39, 0.29) is 5.57 Å². The number of ether oxygens (including phenoxy) is 2. The number of halogens is 1. The Morgan fingerprint density at radius 2 is 1.97 bits per heavy atom. The predicted molar refractivity (Wildman–Crippen MR) is 119 cm³/mol. The molecule has 2 aromatic carbocycles. The Morgan fingerprint density at radius 3 is 2.55 bits per heavy atom. The number of aryl methyl sites for hydroxylation is 1. The first-order valence-corrected chi connectivity index (χ1v) is 10.0. The Labute approximate surface area is 179 Å². The van der Waals surface area contributed by atoms with E-state index in [1.54, 1.807) is 18.2 Å². The highest BCUT2D eigenvalue weighted by Crippen LogP contribution is 2.37. The lowest BCUT2D eigenvalue weighted by Crippen LogP contribution is -2.13. The van der Waals surface area contributed by atoms with Gasteiger partial charge >= 0.3 is 0 Å². The quantitative estimate of drug-likeness (QED) is 0.307. The van der Waals surface area contributed by atoms with Crippen molar-refractivity contribution in [1.29, 1.82) is 5.26 Å². The smallest absolute Gasteiger partial charge is 0.266 e. The van der Waals surface area contributed by atoms with Gasteiger partial charge in [-0.2, -0.15) is 5.26 Å². The van der Waals surface area contributed by atoms with Crippen LogP contribution in [0.1, 0.15) is 25.0 Å². The molecule has 0 aliphatic carbocycles. The Bertz CT molecular complexity index is 944. The van der Waals surface area contributed by atoms with Gasteiger partial charge in [0.1, 0.15) is 18.2 Å². The minimum atomic E-state index is -0.474. The van der Waals surface area contributed by atoms with E-state index in [9.17, 15) is 10.1 Å². The molecule has 0 unspecified atom stereocenters. The van der Waals surface area contributed by atoms with Gasteiger partial charge < -0.3 is 14.8 Å². The van der Waals surface area contributed by atoms with Crippen LogP contribution in [0, 0.1) is 11.3 Å². The molecular formula is C23H23BrN2O3. The fourth-order valence-corrected chi connectivity index (χ4v) is 3.13. The van der Waals surface area contributed by atoms with Gasteiger partial charge in [-0.25, -0.2) is 0 Å². The van der Waals surface area contributed by atoms with Gasteiger partial charge in [0.15, 0.2) is 11.5 Å². The van der Waals surface area contributed by atoms with Gasteiger partial charge in [0.2, 0.25) is 0 Å². The average molecular weight is 455 g/mol. The van der Waals surface area contributed by atoms with Crippen molar-refractivity contribution in [2.24, 2.45) is 0 Å². The third kappa shape index (κ3) is 6.23. The van der Waals surface area contributed by atoms with Crippen LogP contribution in [-0.2, 0) is 11.2 Å². The number of hydrogen-bond donors (Lipinski definition) is 1. The number of benzene rings is 2. The second-order valence-corrected chi connectivity index (χ2v) is 6.89. The normalized spacial score (nSPS) is 10.8. The summed E-state index contributed by atoms with van der Waals surface area (Å²) in [6.45, 7) is 8.35. The number of rotatable bonds is 9. The summed E-state index contributed by atoms with van der Waals surface area (Å²) in [5.41, 5.74) is 2.43. The van der Waals surface area contributed by atoms with E-state index >= 15 is 0 Å². The Kier molecular flexibility index (Phi) is 8.50. The molecule has 0 spiro atoms. The van der Waals surface area contributed by atoms with Crippen molar-refractivity contribution in [3.8, 4) is 17.6 Å². The van der Waals surface area contributed by atoms with Crippen molar-refractivity contribution in [1.82, 2.24) is 0 Å². The number of nitrogens with zero attached hydrogens (tertiary/aromatic N) is 1. The van der Waals surface area contributed by atoms with Crippen LogP contribution in [0.25, 0.3) is 6.08 Å². The summed E-state index contributed by atoms with van der Waals surface area (Å²) in [6.07, 6.45) is 4.07. The maximum Gasteiger partial charge on any atom is 0.266 e. The third-order valence-corrected chi connectivity index (χ3v) is 4.56. The first kappa shape index (κ1) is 22.3. The molecule has 6 heteroatoms. The zero-order valence-corrected chi connectivity index (χ0v) is 18.1. The zero-order valence-electron chi connectivity index (χ0n) is 16.5. The standard InChI is InChI=1S/C23H23BrN2O3/c1-4-11-29-22-20(24)13-17(14-21(22)28-6-3)12-18(15-25)23(27)26-19-9-7-16(5-2)8-10-19/h4,7-10,12-14H,1,5-6,11H2,2-3H3,(H,26,27)/b18-12-. The number of carbonyl (C=O) groups excluding carboxylic acids is 1. The molecule has 150 valence electrons. The molecule has 0 aliphatic heterocycles. The summed E-state index contributed by atoms with van der Waals surface area (Å²) in [6, 6.07) is 13.0. The van der Waals surface area contributed by atoms with Crippen molar-refractivity contribution in [2.75, 3.05) is 18.5 Å². The van der Waals surface area contributed by atoms with Crippen LogP contribution in [0.5, 0.6) is 11.5 Å². The highest BCUT2D eigenvalue weighted by Gasteiger charge is 2.14. The minimum Gasteiger partial charge on any atom is -0.490 e. The van der Waals surface area contributed by atoms with Crippen molar-refractivity contribution in [3.63, 3.8) is 0 Å². The molecule has 5 nitrogen and oxygen atoms in total. The number of nitriles is 1. The maximum atomic E-state index is 12.5. The second-order valence-electron chi connectivity index (χ2n) is 6.04. The van der Waals surface area contributed by atoms with Gasteiger partial charge in [-0.1, -0.05) is 31.7 Å². The third-order valence-electron chi connectivity index (χ3n) is 3.97. The zero-order chi connectivity index (χ0) is 21.2. The number of anilines is 1. The van der Waals surface area contributed by atoms with E-state index < -0.39 is 5.91 Å². The molecule has 0 bridgehead atoms. The summed E-state index contributed by atoms with van der Waals surface area (Å²) in [5, 5.41) is 12.2. The largest absolute Gasteiger partial charge is 0.490 e. The topological polar surface area (TPSA) is 71.3 Å². The van der Waals surface area contributed by atoms with Gasteiger partial charge in [0.05, 0.1) is 11.1 Å². The number of carbonyl (C=O) groups is 1. The fourth-order valence-electron chi connectivity index (χ4n) is 2.55. The fraction of sp³-hybridized carbons (Fsp3) is 0.217. The lowest BCUT2D eigenvalue weighted by molar-refractivity contribution is -0.112. The van der Waals surface area contributed by atoms with Gasteiger partial charge in [-0.15, -0.1) is 0 Å². The molecule has 0 heterocycles. The molecule has 0 saturated heterocycles. The van der Waals surface area contributed by atoms with E-state index in [1.807, 2.05) is 37.3 Å². The highest BCUT2D eigenvalue weighted by atomic mass is 79.9. The van der Waals surface area contributed by atoms with Crippen LogP contribution in [0.15, 0.2) is 59.1 Å². The monoisotopic (exact) mass is 454 g/mol. The molecule has 2 aromatic rings. The maximum absolute atomic E-state index is 12.5. The van der Waals surface area contributed by atoms with Gasteiger partial charge in [-0.3, -0.25) is 4.79 Å². The first-order valence-electron chi connectivity index (χ1n) is 9.24. The molecule has 29 heavy (non-hydrogen) atoms. The van der Waals surface area contributed by atoms with Crippen LogP contribution < -0.4 is 14.8 Å².